The predicted molar refractivity (Wildman–Crippen MR) is 60.9 cm³/mol. The second-order valence-corrected chi connectivity index (χ2v) is 2.46. The van der Waals surface area contributed by atoms with Crippen molar-refractivity contribution in [3.05, 3.63) is 35.4 Å². The third-order valence-corrected chi connectivity index (χ3v) is 1.38. The molecular formula is C10H12N2O6. The first-order valence-electron chi connectivity index (χ1n) is 4.31. The molecule has 0 spiro atoms. The van der Waals surface area contributed by atoms with E-state index in [4.69, 9.17) is 19.8 Å². The second kappa shape index (κ2) is 10.6. The van der Waals surface area contributed by atoms with E-state index in [1.165, 1.54) is 24.3 Å². The predicted octanol–water partition coefficient (Wildman–Crippen LogP) is -0.714. The zero-order valence-electron chi connectivity index (χ0n) is 9.15. The molecule has 0 saturated heterocycles. The van der Waals surface area contributed by atoms with Gasteiger partial charge in [-0.3, -0.25) is 9.59 Å². The maximum Gasteiger partial charge on any atom is 0.335 e. The number of carboxylic acid groups (broad SMARTS) is 2. The lowest BCUT2D eigenvalue weighted by Gasteiger charge is -1.94. The van der Waals surface area contributed by atoms with E-state index >= 15 is 0 Å². The van der Waals surface area contributed by atoms with Crippen molar-refractivity contribution in [2.75, 3.05) is 0 Å². The highest BCUT2D eigenvalue weighted by Gasteiger charge is 2.04. The average molecular weight is 256 g/mol. The van der Waals surface area contributed by atoms with E-state index in [0.717, 1.165) is 0 Å². The summed E-state index contributed by atoms with van der Waals surface area (Å²) >= 11 is 0. The Morgan fingerprint density at radius 1 is 0.833 bits per heavy atom. The van der Waals surface area contributed by atoms with Crippen LogP contribution in [0.2, 0.25) is 0 Å². The Morgan fingerprint density at radius 3 is 1.11 bits per heavy atom. The Labute approximate surface area is 102 Å². The largest absolute Gasteiger partial charge is 0.478 e. The maximum absolute atomic E-state index is 10.3. The number of carbonyl (C=O) groups excluding carboxylic acids is 2. The number of hydrogen-bond donors (Lipinski definition) is 4. The van der Waals surface area contributed by atoms with Crippen LogP contribution < -0.4 is 11.5 Å². The minimum absolute atomic E-state index is 0.0833. The van der Waals surface area contributed by atoms with Crippen LogP contribution in [0.15, 0.2) is 24.3 Å². The van der Waals surface area contributed by atoms with Crippen LogP contribution in [0.5, 0.6) is 0 Å². The van der Waals surface area contributed by atoms with Crippen LogP contribution in [0.1, 0.15) is 20.7 Å². The maximum atomic E-state index is 10.3. The zero-order valence-corrected chi connectivity index (χ0v) is 9.15. The van der Waals surface area contributed by atoms with Gasteiger partial charge in [0.2, 0.25) is 12.8 Å². The number of primary amides is 2. The van der Waals surface area contributed by atoms with Crippen LogP contribution >= 0.6 is 0 Å². The number of nitrogens with two attached hydrogens (primary N) is 2. The van der Waals surface area contributed by atoms with Gasteiger partial charge >= 0.3 is 11.9 Å². The van der Waals surface area contributed by atoms with E-state index < -0.39 is 11.9 Å². The Balaban J connectivity index is 0. The number of carbonyl (C=O) groups is 4. The summed E-state index contributed by atoms with van der Waals surface area (Å²) in [5.41, 5.74) is 8.50. The molecule has 0 aliphatic heterocycles. The quantitative estimate of drug-likeness (QED) is 0.511. The number of rotatable bonds is 2. The summed E-state index contributed by atoms with van der Waals surface area (Å²) in [6.45, 7) is 0. The van der Waals surface area contributed by atoms with E-state index in [0.29, 0.717) is 0 Å². The van der Waals surface area contributed by atoms with Gasteiger partial charge in [-0.1, -0.05) is 0 Å². The molecule has 0 aliphatic carbocycles. The molecule has 0 bridgehead atoms. The lowest BCUT2D eigenvalue weighted by atomic mass is 10.1. The molecule has 0 atom stereocenters. The smallest absolute Gasteiger partial charge is 0.335 e. The van der Waals surface area contributed by atoms with Gasteiger partial charge in [0.1, 0.15) is 0 Å². The molecule has 1 aromatic rings. The van der Waals surface area contributed by atoms with Crippen LogP contribution in [0.3, 0.4) is 0 Å². The first kappa shape index (κ1) is 17.5. The Kier molecular flexibility index (Phi) is 10.3. The van der Waals surface area contributed by atoms with E-state index in [-0.39, 0.29) is 23.9 Å². The molecule has 0 heterocycles. The fraction of sp³-hybridized carbons (Fsp3) is 0. The lowest BCUT2D eigenvalue weighted by molar-refractivity contribution is -0.107. The van der Waals surface area contributed by atoms with Crippen molar-refractivity contribution in [3.8, 4) is 0 Å². The molecule has 1 rings (SSSR count). The molecule has 6 N–H and O–H groups in total. The summed E-state index contributed by atoms with van der Waals surface area (Å²) in [7, 11) is 0. The molecule has 8 heteroatoms. The van der Waals surface area contributed by atoms with E-state index in [2.05, 4.69) is 11.5 Å². The van der Waals surface area contributed by atoms with Gasteiger partial charge in [-0.05, 0) is 24.3 Å². The van der Waals surface area contributed by atoms with Gasteiger partial charge in [-0.15, -0.1) is 0 Å². The van der Waals surface area contributed by atoms with Gasteiger partial charge in [0.25, 0.3) is 0 Å². The van der Waals surface area contributed by atoms with Crippen molar-refractivity contribution in [3.63, 3.8) is 0 Å². The molecule has 18 heavy (non-hydrogen) atoms. The van der Waals surface area contributed by atoms with Crippen molar-refractivity contribution >= 4 is 24.8 Å². The number of benzene rings is 1. The molecule has 0 radical (unpaired) electrons. The standard InChI is InChI=1S/C8H6O4.2CH3NO/c9-7(10)5-1-2-6(4-3-5)8(11)12;2*2-1-3/h1-4H,(H,9,10)(H,11,12);2*1H,(H2,2,3). The van der Waals surface area contributed by atoms with Crippen molar-refractivity contribution in [1.82, 2.24) is 0 Å². The Hall–Kier alpha value is -2.90. The van der Waals surface area contributed by atoms with Gasteiger partial charge < -0.3 is 21.7 Å². The fourth-order valence-corrected chi connectivity index (χ4v) is 0.755. The number of carboxylic acids is 2. The van der Waals surface area contributed by atoms with Gasteiger partial charge in [-0.25, -0.2) is 9.59 Å². The highest BCUT2D eigenvalue weighted by Crippen LogP contribution is 2.03. The topological polar surface area (TPSA) is 161 Å². The third kappa shape index (κ3) is 8.41. The van der Waals surface area contributed by atoms with Crippen LogP contribution in [-0.2, 0) is 9.59 Å². The van der Waals surface area contributed by atoms with Gasteiger partial charge in [0.15, 0.2) is 0 Å². The second-order valence-electron chi connectivity index (χ2n) is 2.46. The summed E-state index contributed by atoms with van der Waals surface area (Å²) in [5.74, 6) is -2.13. The van der Waals surface area contributed by atoms with Crippen LogP contribution in [0.4, 0.5) is 0 Å². The molecule has 98 valence electrons. The highest BCUT2D eigenvalue weighted by molar-refractivity contribution is 5.91. The van der Waals surface area contributed by atoms with Crippen molar-refractivity contribution in [1.29, 1.82) is 0 Å². The first-order chi connectivity index (χ1) is 8.44. The molecule has 0 saturated carbocycles. The van der Waals surface area contributed by atoms with Crippen molar-refractivity contribution < 1.29 is 29.4 Å². The molecule has 0 aromatic heterocycles. The Bertz CT molecular complexity index is 362. The zero-order chi connectivity index (χ0) is 14.6. The minimum atomic E-state index is -1.06. The summed E-state index contributed by atoms with van der Waals surface area (Å²) in [6, 6.07) is 5.02. The molecule has 0 aliphatic rings. The number of amides is 2. The summed E-state index contributed by atoms with van der Waals surface area (Å²) in [4.78, 5) is 37.8. The molecule has 1 aromatic carbocycles. The normalized spacial score (nSPS) is 7.56. The molecular weight excluding hydrogens is 244 g/mol. The number of aromatic carboxylic acids is 2. The van der Waals surface area contributed by atoms with Crippen LogP contribution in [0.25, 0.3) is 0 Å². The number of hydrogen-bond acceptors (Lipinski definition) is 4. The molecule has 0 fully saturated rings. The first-order valence-corrected chi connectivity index (χ1v) is 4.31. The van der Waals surface area contributed by atoms with Crippen LogP contribution in [-0.4, -0.2) is 35.0 Å². The minimum Gasteiger partial charge on any atom is -0.478 e. The van der Waals surface area contributed by atoms with Gasteiger partial charge in [0.05, 0.1) is 11.1 Å². The van der Waals surface area contributed by atoms with E-state index in [1.54, 1.807) is 0 Å². The summed E-state index contributed by atoms with van der Waals surface area (Å²) in [6.07, 6.45) is 0.500. The highest BCUT2D eigenvalue weighted by atomic mass is 16.4. The monoisotopic (exact) mass is 256 g/mol. The van der Waals surface area contributed by atoms with Crippen molar-refractivity contribution in [2.45, 2.75) is 0 Å². The fourth-order valence-electron chi connectivity index (χ4n) is 0.755. The SMILES string of the molecule is NC=O.NC=O.O=C(O)c1ccc(C(=O)O)cc1. The summed E-state index contributed by atoms with van der Waals surface area (Å²) in [5, 5.41) is 16.9. The third-order valence-electron chi connectivity index (χ3n) is 1.38. The molecule has 8 nitrogen and oxygen atoms in total. The van der Waals surface area contributed by atoms with Gasteiger partial charge in [0, 0.05) is 0 Å². The van der Waals surface area contributed by atoms with E-state index in [1.807, 2.05) is 0 Å². The average Bonchev–Trinajstić information content (AvgIpc) is 2.31. The molecule has 2 amide bonds. The lowest BCUT2D eigenvalue weighted by Crippen LogP contribution is -1.99. The van der Waals surface area contributed by atoms with Crippen molar-refractivity contribution in [2.24, 2.45) is 11.5 Å². The van der Waals surface area contributed by atoms with Crippen LogP contribution in [0, 0.1) is 0 Å². The summed E-state index contributed by atoms with van der Waals surface area (Å²) < 4.78 is 0. The molecule has 0 unspecified atom stereocenters. The van der Waals surface area contributed by atoms with E-state index in [9.17, 15) is 9.59 Å². The Morgan fingerprint density at radius 2 is 1.00 bits per heavy atom. The van der Waals surface area contributed by atoms with Gasteiger partial charge in [-0.2, -0.15) is 0 Å².